The molecule has 16 heteroatoms. The highest BCUT2D eigenvalue weighted by Crippen LogP contribution is 2.43. The van der Waals surface area contributed by atoms with Gasteiger partial charge in [0, 0.05) is 77.3 Å². The number of piperidine rings is 2. The van der Waals surface area contributed by atoms with Crippen LogP contribution in [0, 0.1) is 5.82 Å². The molecular formula is C49H60F4N6O6. The van der Waals surface area contributed by atoms with Crippen LogP contribution in [-0.4, -0.2) is 105 Å². The van der Waals surface area contributed by atoms with Gasteiger partial charge in [-0.25, -0.2) is 23.9 Å². The van der Waals surface area contributed by atoms with Crippen LogP contribution in [0.5, 0.6) is 0 Å². The second-order valence-electron chi connectivity index (χ2n) is 19.0. The molecule has 2 N–H and O–H groups in total. The molecule has 4 saturated heterocycles. The molecule has 4 aliphatic rings. The van der Waals surface area contributed by atoms with Crippen molar-refractivity contribution in [3.05, 3.63) is 120 Å². The Morgan fingerprint density at radius 3 is 1.62 bits per heavy atom. The predicted molar refractivity (Wildman–Crippen MR) is 238 cm³/mol. The van der Waals surface area contributed by atoms with Crippen molar-refractivity contribution in [2.45, 2.75) is 120 Å². The molecule has 6 heterocycles. The molecule has 0 bridgehead atoms. The number of pyridine rings is 2. The third kappa shape index (κ3) is 11.5. The highest BCUT2D eigenvalue weighted by atomic mass is 19.4. The summed E-state index contributed by atoms with van der Waals surface area (Å²) >= 11 is 0. The monoisotopic (exact) mass is 904 g/mol. The Hall–Kier alpha value is -5.48. The summed E-state index contributed by atoms with van der Waals surface area (Å²) in [6.45, 7) is 9.99. The van der Waals surface area contributed by atoms with Gasteiger partial charge in [-0.1, -0.05) is 60.7 Å². The number of ether oxygens (including phenoxy) is 2. The fourth-order valence-electron chi connectivity index (χ4n) is 9.94. The number of anilines is 2. The van der Waals surface area contributed by atoms with Gasteiger partial charge in [-0.15, -0.1) is 0 Å². The lowest BCUT2D eigenvalue weighted by molar-refractivity contribution is -0.137. The number of rotatable bonds is 10. The Labute approximate surface area is 378 Å². The third-order valence-electron chi connectivity index (χ3n) is 12.7. The van der Waals surface area contributed by atoms with Crippen LogP contribution in [0.15, 0.2) is 97.3 Å². The van der Waals surface area contributed by atoms with Crippen molar-refractivity contribution in [2.75, 3.05) is 49.1 Å². The largest absolute Gasteiger partial charge is 0.438 e. The van der Waals surface area contributed by atoms with Gasteiger partial charge >= 0.3 is 18.4 Å². The Kier molecular flexibility index (Phi) is 14.0. The summed E-state index contributed by atoms with van der Waals surface area (Å²) in [6.07, 6.45) is 2.27. The molecule has 8 rings (SSSR count). The lowest BCUT2D eigenvalue weighted by Crippen LogP contribution is -2.57. The fourth-order valence-corrected chi connectivity index (χ4v) is 9.94. The summed E-state index contributed by atoms with van der Waals surface area (Å²) in [4.78, 5) is 41.9. The Balaban J connectivity index is 0.000000195. The van der Waals surface area contributed by atoms with E-state index in [1.54, 1.807) is 54.7 Å². The minimum atomic E-state index is -4.44. The molecule has 2 aromatic heterocycles. The highest BCUT2D eigenvalue weighted by Gasteiger charge is 2.49. The molecule has 4 aliphatic heterocycles. The van der Waals surface area contributed by atoms with E-state index in [1.807, 2.05) is 65.6 Å². The minimum Gasteiger partial charge on any atom is -0.438 e. The van der Waals surface area contributed by atoms with Crippen molar-refractivity contribution >= 4 is 23.8 Å². The Morgan fingerprint density at radius 1 is 0.662 bits per heavy atom. The van der Waals surface area contributed by atoms with E-state index in [0.717, 1.165) is 48.9 Å². The first-order valence-electron chi connectivity index (χ1n) is 22.4. The van der Waals surface area contributed by atoms with Crippen molar-refractivity contribution in [1.29, 1.82) is 0 Å². The van der Waals surface area contributed by atoms with Crippen LogP contribution >= 0.6 is 0 Å². The number of alkyl halides is 3. The predicted octanol–water partition coefficient (Wildman–Crippen LogP) is 9.06. The van der Waals surface area contributed by atoms with Crippen LogP contribution in [-0.2, 0) is 26.9 Å². The number of hydrogen-bond donors (Lipinski definition) is 2. The van der Waals surface area contributed by atoms with Crippen molar-refractivity contribution in [3.8, 4) is 0 Å². The molecule has 0 unspecified atom stereocenters. The molecule has 0 aliphatic carbocycles. The quantitative estimate of drug-likeness (QED) is 0.149. The number of benzene rings is 2. The summed E-state index contributed by atoms with van der Waals surface area (Å²) in [5, 5.41) is 21.1. The molecule has 12 nitrogen and oxygen atoms in total. The van der Waals surface area contributed by atoms with Gasteiger partial charge in [0.25, 0.3) is 0 Å². The van der Waals surface area contributed by atoms with Crippen LogP contribution in [0.2, 0.25) is 0 Å². The van der Waals surface area contributed by atoms with Crippen molar-refractivity contribution in [1.82, 2.24) is 19.8 Å². The van der Waals surface area contributed by atoms with Gasteiger partial charge in [0.2, 0.25) is 0 Å². The van der Waals surface area contributed by atoms with Gasteiger partial charge in [0.15, 0.2) is 11.6 Å². The summed E-state index contributed by atoms with van der Waals surface area (Å²) in [7, 11) is 0. The molecule has 0 saturated carbocycles. The Bertz CT molecular complexity index is 2240. The standard InChI is InChI=1S/C25H30F3N3O3.C24H30FN3O3/c1-23(2,33)17-24(18-7-4-3-5-8-18)11-14-31(22(32)34-24)20-9-6-13-30(16-20)21-15-19(10-12-29-21)25(26,27)28;1-23(2,30)17-24(18-8-4-3-5-9-18)12-15-28(22(29)31-24)19-10-7-14-27(16-19)21-20(25)11-6-13-26-21/h3-5,7-8,10,12,15,20,33H,6,9,11,13-14,16-17H2,1-2H3;3-6,8-9,11,13,19,30H,7,10,12,14-17H2,1-2H3/t20-,24-;19-,24-/m00/s1. The summed E-state index contributed by atoms with van der Waals surface area (Å²) in [5.74, 6) is 0.237. The lowest BCUT2D eigenvalue weighted by Gasteiger charge is -2.47. The van der Waals surface area contributed by atoms with Gasteiger partial charge in [0.05, 0.1) is 28.8 Å². The maximum atomic E-state index is 14.2. The zero-order valence-corrected chi connectivity index (χ0v) is 37.5. The van der Waals surface area contributed by atoms with Gasteiger partial charge in [-0.05, 0) is 88.8 Å². The molecule has 4 aromatic rings. The maximum Gasteiger partial charge on any atom is 0.416 e. The maximum absolute atomic E-state index is 14.2. The van der Waals surface area contributed by atoms with Gasteiger partial charge in [-0.3, -0.25) is 0 Å². The van der Waals surface area contributed by atoms with E-state index in [-0.39, 0.29) is 36.2 Å². The average molecular weight is 905 g/mol. The van der Waals surface area contributed by atoms with E-state index in [9.17, 15) is 37.4 Å². The zero-order chi connectivity index (χ0) is 46.6. The second kappa shape index (κ2) is 19.2. The topological polar surface area (TPSA) is 132 Å². The van der Waals surface area contributed by atoms with Gasteiger partial charge < -0.3 is 39.3 Å². The number of nitrogens with zero attached hydrogens (tertiary/aromatic N) is 6. The number of cyclic esters (lactones) is 2. The van der Waals surface area contributed by atoms with Crippen LogP contribution < -0.4 is 9.80 Å². The van der Waals surface area contributed by atoms with E-state index < -0.39 is 40.2 Å². The first-order valence-corrected chi connectivity index (χ1v) is 22.4. The molecule has 2 amide bonds. The summed E-state index contributed by atoms with van der Waals surface area (Å²) in [6, 6.07) is 23.8. The molecule has 4 atom stereocenters. The molecule has 4 fully saturated rings. The molecule has 2 aromatic carbocycles. The number of halogens is 4. The van der Waals surface area contributed by atoms with Crippen LogP contribution in [0.3, 0.4) is 0 Å². The van der Waals surface area contributed by atoms with Crippen LogP contribution in [0.4, 0.5) is 38.8 Å². The number of aromatic nitrogens is 2. The number of hydrogen-bond acceptors (Lipinski definition) is 10. The first kappa shape index (κ1) is 47.5. The van der Waals surface area contributed by atoms with Crippen molar-refractivity contribution in [3.63, 3.8) is 0 Å². The van der Waals surface area contributed by atoms with Crippen LogP contribution in [0.25, 0.3) is 0 Å². The smallest absolute Gasteiger partial charge is 0.416 e. The molecule has 350 valence electrons. The first-order chi connectivity index (χ1) is 30.7. The van der Waals surface area contributed by atoms with Crippen molar-refractivity contribution in [2.24, 2.45) is 0 Å². The van der Waals surface area contributed by atoms with Gasteiger partial charge in [-0.2, -0.15) is 13.2 Å². The molecule has 65 heavy (non-hydrogen) atoms. The van der Waals surface area contributed by atoms with E-state index in [0.29, 0.717) is 64.3 Å². The number of carbonyl (C=O) groups excluding carboxylic acids is 2. The summed E-state index contributed by atoms with van der Waals surface area (Å²) < 4.78 is 65.8. The molecule has 0 radical (unpaired) electrons. The van der Waals surface area contributed by atoms with Gasteiger partial charge in [0.1, 0.15) is 17.0 Å². The van der Waals surface area contributed by atoms with E-state index in [4.69, 9.17) is 9.47 Å². The molecular weight excluding hydrogens is 845 g/mol. The third-order valence-corrected chi connectivity index (χ3v) is 12.7. The Morgan fingerprint density at radius 2 is 1.15 bits per heavy atom. The lowest BCUT2D eigenvalue weighted by atomic mass is 9.80. The highest BCUT2D eigenvalue weighted by molar-refractivity contribution is 5.71. The number of aliphatic hydroxyl groups is 2. The molecule has 0 spiro atoms. The van der Waals surface area contributed by atoms with E-state index in [2.05, 4.69) is 9.97 Å². The van der Waals surface area contributed by atoms with Crippen LogP contribution in [0.1, 0.15) is 95.8 Å². The van der Waals surface area contributed by atoms with E-state index >= 15 is 0 Å². The number of carbonyl (C=O) groups is 2. The van der Waals surface area contributed by atoms with E-state index in [1.165, 1.54) is 12.3 Å². The minimum absolute atomic E-state index is 0.0708. The zero-order valence-electron chi connectivity index (χ0n) is 37.5. The SMILES string of the molecule is CC(C)(O)C[C@]1(c2ccccc2)CCN([C@H]2CCCN(c3cc(C(F)(F)F)ccn3)C2)C(=O)O1.CC(C)(O)C[C@]1(c2ccccc2)CCN([C@H]2CCCN(c3ncccc3F)C2)C(=O)O1. The average Bonchev–Trinajstić information content (AvgIpc) is 3.26. The second-order valence-corrected chi connectivity index (χ2v) is 19.0. The summed E-state index contributed by atoms with van der Waals surface area (Å²) in [5.41, 5.74) is -2.85. The van der Waals surface area contributed by atoms with Crippen molar-refractivity contribution < 1.29 is 46.8 Å². The number of amides is 2. The fraction of sp³-hybridized carbons (Fsp3) is 0.510. The normalized spacial score (nSPS) is 24.5.